The Morgan fingerprint density at radius 2 is 2.04 bits per heavy atom. The molecule has 0 aliphatic heterocycles. The molecule has 1 fully saturated rings. The van der Waals surface area contributed by atoms with Gasteiger partial charge in [0.2, 0.25) is 5.91 Å². The normalized spacial score (nSPS) is 20.1. The average molecular weight is 356 g/mol. The van der Waals surface area contributed by atoms with Crippen molar-refractivity contribution >= 4 is 22.8 Å². The molecule has 2 aromatic rings. The molecule has 1 aliphatic carbocycles. The van der Waals surface area contributed by atoms with Gasteiger partial charge in [0.05, 0.1) is 24.2 Å². The number of carbonyl (C=O) groups is 2. The van der Waals surface area contributed by atoms with Crippen molar-refractivity contribution in [3.63, 3.8) is 0 Å². The van der Waals surface area contributed by atoms with E-state index >= 15 is 0 Å². The number of benzene rings is 1. The Balaban J connectivity index is 1.74. The highest BCUT2D eigenvalue weighted by Gasteiger charge is 2.35. The number of para-hydroxylation sites is 1. The number of urea groups is 1. The number of hydrogen-bond donors (Lipinski definition) is 3. The zero-order valence-corrected chi connectivity index (χ0v) is 15.0. The molecule has 3 N–H and O–H groups in total. The Morgan fingerprint density at radius 3 is 2.73 bits per heavy atom. The maximum absolute atomic E-state index is 12.3. The summed E-state index contributed by atoms with van der Waals surface area (Å²) < 4.78 is 0. The van der Waals surface area contributed by atoms with Crippen LogP contribution in [0.4, 0.5) is 4.79 Å². The lowest BCUT2D eigenvalue weighted by atomic mass is 9.75. The van der Waals surface area contributed by atoms with E-state index in [4.69, 9.17) is 0 Å². The van der Waals surface area contributed by atoms with E-state index in [0.717, 1.165) is 16.5 Å². The van der Waals surface area contributed by atoms with Gasteiger partial charge in [-0.05, 0) is 36.5 Å². The van der Waals surface area contributed by atoms with Crippen molar-refractivity contribution in [1.82, 2.24) is 20.5 Å². The minimum atomic E-state index is -0.318. The van der Waals surface area contributed by atoms with Gasteiger partial charge in [0, 0.05) is 25.7 Å². The first kappa shape index (κ1) is 18.1. The summed E-state index contributed by atoms with van der Waals surface area (Å²) in [5, 5.41) is 16.2. The highest BCUT2D eigenvalue weighted by atomic mass is 16.3. The molecule has 0 bridgehead atoms. The monoisotopic (exact) mass is 356 g/mol. The molecule has 7 nitrogen and oxygen atoms in total. The van der Waals surface area contributed by atoms with Gasteiger partial charge >= 0.3 is 6.03 Å². The van der Waals surface area contributed by atoms with Crippen LogP contribution in [0.2, 0.25) is 0 Å². The van der Waals surface area contributed by atoms with Crippen LogP contribution in [0.15, 0.2) is 36.5 Å². The van der Waals surface area contributed by atoms with Crippen LogP contribution in [-0.2, 0) is 4.79 Å². The molecule has 0 radical (unpaired) electrons. The summed E-state index contributed by atoms with van der Waals surface area (Å²) >= 11 is 0. The number of pyridine rings is 1. The SMILES string of the molecule is CN(C)C(=O)NCC(=O)N[C@@H](c1cnc2ccccc2c1)C1CC(O)C1. The van der Waals surface area contributed by atoms with Gasteiger partial charge in [0.1, 0.15) is 0 Å². The zero-order valence-electron chi connectivity index (χ0n) is 15.0. The molecule has 0 spiro atoms. The largest absolute Gasteiger partial charge is 0.393 e. The molecule has 1 aromatic heterocycles. The molecule has 0 saturated heterocycles. The first-order valence-corrected chi connectivity index (χ1v) is 8.71. The molecule has 3 rings (SSSR count). The first-order chi connectivity index (χ1) is 12.4. The van der Waals surface area contributed by atoms with E-state index in [9.17, 15) is 14.7 Å². The van der Waals surface area contributed by atoms with Gasteiger partial charge in [-0.2, -0.15) is 0 Å². The Bertz CT molecular complexity index is 802. The smallest absolute Gasteiger partial charge is 0.317 e. The van der Waals surface area contributed by atoms with Crippen molar-refractivity contribution in [3.8, 4) is 0 Å². The fourth-order valence-corrected chi connectivity index (χ4v) is 3.17. The van der Waals surface area contributed by atoms with Crippen LogP contribution in [0, 0.1) is 5.92 Å². The number of nitrogens with zero attached hydrogens (tertiary/aromatic N) is 2. The number of nitrogens with one attached hydrogen (secondary N) is 2. The van der Waals surface area contributed by atoms with E-state index < -0.39 is 0 Å². The molecule has 0 unspecified atom stereocenters. The summed E-state index contributed by atoms with van der Waals surface area (Å²) in [5.41, 5.74) is 1.81. The van der Waals surface area contributed by atoms with E-state index in [2.05, 4.69) is 15.6 Å². The fraction of sp³-hybridized carbons (Fsp3) is 0.421. The number of hydrogen-bond acceptors (Lipinski definition) is 4. The second-order valence-corrected chi connectivity index (χ2v) is 6.94. The molecule has 3 amide bonds. The minimum Gasteiger partial charge on any atom is -0.393 e. The molecular weight excluding hydrogens is 332 g/mol. The van der Waals surface area contributed by atoms with E-state index in [1.54, 1.807) is 20.3 Å². The van der Waals surface area contributed by atoms with Crippen molar-refractivity contribution in [3.05, 3.63) is 42.1 Å². The quantitative estimate of drug-likeness (QED) is 0.755. The van der Waals surface area contributed by atoms with Crippen LogP contribution in [0.1, 0.15) is 24.4 Å². The Labute approximate surface area is 152 Å². The molecule has 1 aliphatic rings. The van der Waals surface area contributed by atoms with Crippen LogP contribution in [0.3, 0.4) is 0 Å². The van der Waals surface area contributed by atoms with E-state index in [-0.39, 0.29) is 36.5 Å². The average Bonchev–Trinajstić information content (AvgIpc) is 2.61. The van der Waals surface area contributed by atoms with Gasteiger partial charge in [0.15, 0.2) is 0 Å². The molecule has 7 heteroatoms. The Hall–Kier alpha value is -2.67. The fourth-order valence-electron chi connectivity index (χ4n) is 3.17. The molecule has 138 valence electrons. The lowest BCUT2D eigenvalue weighted by Gasteiger charge is -2.38. The van der Waals surface area contributed by atoms with Crippen molar-refractivity contribution < 1.29 is 14.7 Å². The van der Waals surface area contributed by atoms with Crippen LogP contribution in [0.25, 0.3) is 10.9 Å². The van der Waals surface area contributed by atoms with Crippen LogP contribution < -0.4 is 10.6 Å². The number of aliphatic hydroxyl groups excluding tert-OH is 1. The highest BCUT2D eigenvalue weighted by molar-refractivity contribution is 5.84. The van der Waals surface area contributed by atoms with E-state index in [1.807, 2.05) is 30.3 Å². The second kappa shape index (κ2) is 7.70. The zero-order chi connectivity index (χ0) is 18.7. The lowest BCUT2D eigenvalue weighted by Crippen LogP contribution is -2.46. The van der Waals surface area contributed by atoms with Crippen molar-refractivity contribution in [2.24, 2.45) is 5.92 Å². The third-order valence-corrected chi connectivity index (χ3v) is 4.71. The van der Waals surface area contributed by atoms with Gasteiger partial charge in [-0.1, -0.05) is 18.2 Å². The number of rotatable bonds is 5. The predicted molar refractivity (Wildman–Crippen MR) is 98.4 cm³/mol. The first-order valence-electron chi connectivity index (χ1n) is 8.71. The van der Waals surface area contributed by atoms with Gasteiger partial charge in [-0.25, -0.2) is 4.79 Å². The van der Waals surface area contributed by atoms with Crippen LogP contribution >= 0.6 is 0 Å². The molecule has 1 heterocycles. The second-order valence-electron chi connectivity index (χ2n) is 6.94. The maximum atomic E-state index is 12.3. The van der Waals surface area contributed by atoms with Gasteiger partial charge in [-0.3, -0.25) is 9.78 Å². The van der Waals surface area contributed by atoms with Gasteiger partial charge in [-0.15, -0.1) is 0 Å². The number of carbonyl (C=O) groups excluding carboxylic acids is 2. The summed E-state index contributed by atoms with van der Waals surface area (Å²) in [5.74, 6) is -0.110. The minimum absolute atomic E-state index is 0.0935. The standard InChI is InChI=1S/C19H24N4O3/c1-23(2)19(26)21-11-17(25)22-18(13-8-15(24)9-13)14-7-12-5-3-4-6-16(12)20-10-14/h3-7,10,13,15,18,24H,8-9,11H2,1-2H3,(H,21,26)(H,22,25)/t13?,15?,18-/m1/s1. The van der Waals surface area contributed by atoms with Crippen molar-refractivity contribution in [1.29, 1.82) is 0 Å². The Morgan fingerprint density at radius 1 is 1.31 bits per heavy atom. The molecule has 1 saturated carbocycles. The highest BCUT2D eigenvalue weighted by Crippen LogP contribution is 2.38. The number of amides is 3. The summed E-state index contributed by atoms with van der Waals surface area (Å²) in [7, 11) is 3.24. The van der Waals surface area contributed by atoms with E-state index in [0.29, 0.717) is 12.8 Å². The topological polar surface area (TPSA) is 94.6 Å². The molecule has 1 atom stereocenters. The summed E-state index contributed by atoms with van der Waals surface area (Å²) in [6.45, 7) is -0.0935. The number of aromatic nitrogens is 1. The van der Waals surface area contributed by atoms with Crippen LogP contribution in [0.5, 0.6) is 0 Å². The number of fused-ring (bicyclic) bond motifs is 1. The van der Waals surface area contributed by atoms with Gasteiger partial charge < -0.3 is 20.6 Å². The van der Waals surface area contributed by atoms with Crippen molar-refractivity contribution in [2.45, 2.75) is 25.0 Å². The third-order valence-electron chi connectivity index (χ3n) is 4.71. The maximum Gasteiger partial charge on any atom is 0.317 e. The van der Waals surface area contributed by atoms with Crippen molar-refractivity contribution in [2.75, 3.05) is 20.6 Å². The molecule has 26 heavy (non-hydrogen) atoms. The summed E-state index contributed by atoms with van der Waals surface area (Å²) in [4.78, 5) is 29.8. The van der Waals surface area contributed by atoms with E-state index in [1.165, 1.54) is 4.90 Å². The Kier molecular flexibility index (Phi) is 5.37. The predicted octanol–water partition coefficient (Wildman–Crippen LogP) is 1.43. The van der Waals surface area contributed by atoms with Crippen LogP contribution in [-0.4, -0.2) is 53.7 Å². The summed E-state index contributed by atoms with van der Waals surface area (Å²) in [6, 6.07) is 9.28. The number of aliphatic hydroxyl groups is 1. The lowest BCUT2D eigenvalue weighted by molar-refractivity contribution is -0.122. The third kappa shape index (κ3) is 4.11. The van der Waals surface area contributed by atoms with Gasteiger partial charge in [0.25, 0.3) is 0 Å². The molecular formula is C19H24N4O3. The summed E-state index contributed by atoms with van der Waals surface area (Å²) in [6.07, 6.45) is 2.74. The molecule has 1 aromatic carbocycles.